The van der Waals surface area contributed by atoms with Crippen molar-refractivity contribution >= 4 is 5.91 Å². The van der Waals surface area contributed by atoms with Gasteiger partial charge in [0.1, 0.15) is 12.4 Å². The van der Waals surface area contributed by atoms with Crippen LogP contribution < -0.4 is 4.74 Å². The highest BCUT2D eigenvalue weighted by Crippen LogP contribution is 2.18. The third-order valence-corrected chi connectivity index (χ3v) is 4.92. The Hall–Kier alpha value is -2.34. The summed E-state index contributed by atoms with van der Waals surface area (Å²) in [6, 6.07) is 11.4. The highest BCUT2D eigenvalue weighted by Gasteiger charge is 2.23. The van der Waals surface area contributed by atoms with Crippen LogP contribution in [0.1, 0.15) is 35.9 Å². The lowest BCUT2D eigenvalue weighted by Crippen LogP contribution is -2.41. The summed E-state index contributed by atoms with van der Waals surface area (Å²) >= 11 is 0. The molecule has 0 aliphatic carbocycles. The quantitative estimate of drug-likeness (QED) is 0.829. The molecule has 3 rings (SSSR count). The molecule has 1 atom stereocenters. The Morgan fingerprint density at radius 1 is 1.38 bits per heavy atom. The van der Waals surface area contributed by atoms with E-state index in [0.29, 0.717) is 18.2 Å². The van der Waals surface area contributed by atoms with Gasteiger partial charge in [0.15, 0.2) is 5.69 Å². The molecule has 1 N–H and O–H groups in total. The number of amides is 1. The summed E-state index contributed by atoms with van der Waals surface area (Å²) in [7, 11) is 1.86. The van der Waals surface area contributed by atoms with Crippen molar-refractivity contribution < 1.29 is 9.53 Å². The van der Waals surface area contributed by atoms with Gasteiger partial charge in [-0.1, -0.05) is 25.1 Å². The molecule has 0 radical (unpaired) electrons. The fraction of sp³-hybridized carbons (Fsp3) is 0.500. The van der Waals surface area contributed by atoms with E-state index in [9.17, 15) is 4.79 Å². The summed E-state index contributed by atoms with van der Waals surface area (Å²) in [6.07, 6.45) is 2.40. The number of aromatic nitrogens is 2. The molecule has 1 aromatic carbocycles. The van der Waals surface area contributed by atoms with Crippen LogP contribution in [0.5, 0.6) is 5.75 Å². The molecule has 1 fully saturated rings. The lowest BCUT2D eigenvalue weighted by molar-refractivity contribution is 0.0727. The molecular weight excluding hydrogens is 328 g/mol. The Kier molecular flexibility index (Phi) is 6.28. The minimum Gasteiger partial charge on any atom is -0.487 e. The third kappa shape index (κ3) is 4.85. The standard InChI is InChI=1S/C20H28N4O2/c1-3-24-11-7-8-16(14-24)13-23(2)20(25)19-12-17(21-22-19)15-26-18-9-5-4-6-10-18/h4-6,9-10,12,16H,3,7-8,11,13-15H2,1-2H3,(H,21,22). The zero-order chi connectivity index (χ0) is 18.4. The maximum atomic E-state index is 12.6. The van der Waals surface area contributed by atoms with Gasteiger partial charge in [0.05, 0.1) is 5.69 Å². The van der Waals surface area contributed by atoms with Crippen molar-refractivity contribution in [3.8, 4) is 5.75 Å². The lowest BCUT2D eigenvalue weighted by Gasteiger charge is -2.33. The van der Waals surface area contributed by atoms with Crippen LogP contribution in [0.25, 0.3) is 0 Å². The molecule has 2 heterocycles. The third-order valence-electron chi connectivity index (χ3n) is 4.92. The summed E-state index contributed by atoms with van der Waals surface area (Å²) in [5.74, 6) is 1.29. The Bertz CT molecular complexity index is 701. The summed E-state index contributed by atoms with van der Waals surface area (Å²) in [5.41, 5.74) is 1.24. The molecule has 1 saturated heterocycles. The first-order valence-electron chi connectivity index (χ1n) is 9.35. The van der Waals surface area contributed by atoms with Gasteiger partial charge in [-0.25, -0.2) is 0 Å². The van der Waals surface area contributed by atoms with Crippen LogP contribution in [0.2, 0.25) is 0 Å². The van der Waals surface area contributed by atoms with E-state index in [1.54, 1.807) is 11.0 Å². The highest BCUT2D eigenvalue weighted by atomic mass is 16.5. The number of H-pyrrole nitrogens is 1. The minimum atomic E-state index is -0.0409. The maximum absolute atomic E-state index is 12.6. The molecule has 0 spiro atoms. The molecule has 1 amide bonds. The van der Waals surface area contributed by atoms with Crippen molar-refractivity contribution in [2.24, 2.45) is 5.92 Å². The van der Waals surface area contributed by atoms with Crippen LogP contribution in [0.4, 0.5) is 0 Å². The van der Waals surface area contributed by atoms with Gasteiger partial charge in [-0.2, -0.15) is 5.10 Å². The van der Waals surface area contributed by atoms with Gasteiger partial charge in [-0.3, -0.25) is 9.89 Å². The van der Waals surface area contributed by atoms with Crippen LogP contribution in [-0.2, 0) is 6.61 Å². The second kappa shape index (κ2) is 8.85. The Labute approximate surface area is 155 Å². The van der Waals surface area contributed by atoms with Gasteiger partial charge >= 0.3 is 0 Å². The molecule has 1 aliphatic heterocycles. The smallest absolute Gasteiger partial charge is 0.274 e. The minimum absolute atomic E-state index is 0.0409. The number of rotatable bonds is 7. The fourth-order valence-corrected chi connectivity index (χ4v) is 3.48. The number of nitrogens with one attached hydrogen (secondary N) is 1. The SMILES string of the molecule is CCN1CCCC(CN(C)C(=O)c2cc(COc3ccccc3)[nH]n2)C1. The van der Waals surface area contributed by atoms with Crippen LogP contribution in [-0.4, -0.2) is 59.1 Å². The van der Waals surface area contributed by atoms with Crippen LogP contribution in [0.15, 0.2) is 36.4 Å². The molecule has 6 heteroatoms. The zero-order valence-electron chi connectivity index (χ0n) is 15.6. The van der Waals surface area contributed by atoms with Gasteiger partial charge in [-0.05, 0) is 50.0 Å². The number of piperidine rings is 1. The van der Waals surface area contributed by atoms with Crippen LogP contribution in [0.3, 0.4) is 0 Å². The van der Waals surface area contributed by atoms with Gasteiger partial charge in [0.2, 0.25) is 0 Å². The number of hydrogen-bond donors (Lipinski definition) is 1. The molecule has 2 aromatic rings. The van der Waals surface area contributed by atoms with E-state index in [1.165, 1.54) is 19.4 Å². The topological polar surface area (TPSA) is 61.5 Å². The van der Waals surface area contributed by atoms with Crippen molar-refractivity contribution in [3.05, 3.63) is 47.8 Å². The summed E-state index contributed by atoms with van der Waals surface area (Å²) < 4.78 is 5.69. The van der Waals surface area contributed by atoms with Gasteiger partial charge < -0.3 is 14.5 Å². The van der Waals surface area contributed by atoms with Gasteiger partial charge in [0, 0.05) is 20.1 Å². The molecule has 1 aromatic heterocycles. The first-order chi connectivity index (χ1) is 12.7. The molecule has 140 valence electrons. The highest BCUT2D eigenvalue weighted by molar-refractivity contribution is 5.92. The first-order valence-corrected chi connectivity index (χ1v) is 9.35. The van der Waals surface area contributed by atoms with E-state index in [0.717, 1.165) is 31.1 Å². The average Bonchev–Trinajstić information content (AvgIpc) is 3.15. The number of aromatic amines is 1. The number of likely N-dealkylation sites (tertiary alicyclic amines) is 1. The fourth-order valence-electron chi connectivity index (χ4n) is 3.48. The Morgan fingerprint density at radius 3 is 2.96 bits per heavy atom. The summed E-state index contributed by atoms with van der Waals surface area (Å²) in [6.45, 7) is 6.66. The second-order valence-corrected chi connectivity index (χ2v) is 6.97. The summed E-state index contributed by atoms with van der Waals surface area (Å²) in [4.78, 5) is 16.9. The number of nitrogens with zero attached hydrogens (tertiary/aromatic N) is 3. The second-order valence-electron chi connectivity index (χ2n) is 6.97. The van der Waals surface area contributed by atoms with Gasteiger partial charge in [0.25, 0.3) is 5.91 Å². The van der Waals surface area contributed by atoms with E-state index in [2.05, 4.69) is 22.0 Å². The Balaban J connectivity index is 1.52. The normalized spacial score (nSPS) is 17.8. The number of ether oxygens (including phenoxy) is 1. The van der Waals surface area contributed by atoms with Gasteiger partial charge in [-0.15, -0.1) is 0 Å². The lowest BCUT2D eigenvalue weighted by atomic mass is 9.97. The van der Waals surface area contributed by atoms with E-state index >= 15 is 0 Å². The largest absolute Gasteiger partial charge is 0.487 e. The monoisotopic (exact) mass is 356 g/mol. The van der Waals surface area contributed by atoms with Crippen molar-refractivity contribution in [2.45, 2.75) is 26.4 Å². The molecule has 0 saturated carbocycles. The molecule has 1 aliphatic rings. The number of para-hydroxylation sites is 1. The van der Waals surface area contributed by atoms with Crippen LogP contribution in [0, 0.1) is 5.92 Å². The number of hydrogen-bond acceptors (Lipinski definition) is 4. The van der Waals surface area contributed by atoms with Crippen molar-refractivity contribution in [2.75, 3.05) is 33.2 Å². The maximum Gasteiger partial charge on any atom is 0.274 e. The van der Waals surface area contributed by atoms with Crippen molar-refractivity contribution in [1.29, 1.82) is 0 Å². The molecular formula is C20H28N4O2. The predicted octanol–water partition coefficient (Wildman–Crippen LogP) is 2.79. The first kappa shape index (κ1) is 18.5. The number of carbonyl (C=O) groups is 1. The van der Waals surface area contributed by atoms with Crippen LogP contribution >= 0.6 is 0 Å². The van der Waals surface area contributed by atoms with E-state index in [-0.39, 0.29) is 5.91 Å². The summed E-state index contributed by atoms with van der Waals surface area (Å²) in [5, 5.41) is 7.07. The number of carbonyl (C=O) groups excluding carboxylic acids is 1. The molecule has 6 nitrogen and oxygen atoms in total. The van der Waals surface area contributed by atoms with E-state index in [1.807, 2.05) is 37.4 Å². The van der Waals surface area contributed by atoms with E-state index in [4.69, 9.17) is 4.74 Å². The zero-order valence-corrected chi connectivity index (χ0v) is 15.6. The Morgan fingerprint density at radius 2 is 2.19 bits per heavy atom. The average molecular weight is 356 g/mol. The number of benzene rings is 1. The molecule has 0 bridgehead atoms. The van der Waals surface area contributed by atoms with Crippen molar-refractivity contribution in [3.63, 3.8) is 0 Å². The molecule has 26 heavy (non-hydrogen) atoms. The predicted molar refractivity (Wildman–Crippen MR) is 101 cm³/mol. The van der Waals surface area contributed by atoms with Crippen molar-refractivity contribution in [1.82, 2.24) is 20.0 Å². The van der Waals surface area contributed by atoms with E-state index < -0.39 is 0 Å². The molecule has 1 unspecified atom stereocenters.